The van der Waals surface area contributed by atoms with E-state index in [-0.39, 0.29) is 5.91 Å². The van der Waals surface area contributed by atoms with Crippen LogP contribution in [0.25, 0.3) is 6.08 Å². The summed E-state index contributed by atoms with van der Waals surface area (Å²) in [6, 6.07) is 6.89. The van der Waals surface area contributed by atoms with Gasteiger partial charge in [0.25, 0.3) is 5.91 Å². The van der Waals surface area contributed by atoms with Gasteiger partial charge in [-0.2, -0.15) is 4.99 Å². The van der Waals surface area contributed by atoms with E-state index in [1.54, 1.807) is 35.2 Å². The Hall–Kier alpha value is -2.72. The van der Waals surface area contributed by atoms with Crippen LogP contribution in [0.2, 0.25) is 0 Å². The molecule has 0 aliphatic carbocycles. The van der Waals surface area contributed by atoms with Crippen LogP contribution in [-0.2, 0) is 16.0 Å². The van der Waals surface area contributed by atoms with Crippen molar-refractivity contribution in [1.82, 2.24) is 15.1 Å². The number of nitrogens with zero attached hydrogens (tertiary/aromatic N) is 4. The van der Waals surface area contributed by atoms with E-state index in [0.29, 0.717) is 27.5 Å². The lowest BCUT2D eigenvalue weighted by atomic mass is 10.2. The lowest BCUT2D eigenvalue weighted by Crippen LogP contribution is -2.29. The molecule has 8 nitrogen and oxygen atoms in total. The van der Waals surface area contributed by atoms with E-state index in [1.807, 2.05) is 13.8 Å². The van der Waals surface area contributed by atoms with Crippen LogP contribution in [0.5, 0.6) is 5.75 Å². The minimum atomic E-state index is -1.03. The number of aliphatic carboxylic acids is 1. The van der Waals surface area contributed by atoms with Gasteiger partial charge in [-0.25, -0.2) is 4.79 Å². The number of aromatic nitrogens is 2. The average molecular weight is 433 g/mol. The van der Waals surface area contributed by atoms with Gasteiger partial charge in [-0.3, -0.25) is 9.69 Å². The van der Waals surface area contributed by atoms with Gasteiger partial charge in [0, 0.05) is 6.54 Å². The van der Waals surface area contributed by atoms with E-state index >= 15 is 0 Å². The van der Waals surface area contributed by atoms with Crippen LogP contribution in [0.3, 0.4) is 0 Å². The number of amides is 1. The molecule has 29 heavy (non-hydrogen) atoms. The largest absolute Gasteiger partial charge is 0.482 e. The highest BCUT2D eigenvalue weighted by Gasteiger charge is 2.33. The number of carbonyl (C=O) groups excluding carboxylic acids is 1. The molecule has 1 aromatic carbocycles. The summed E-state index contributed by atoms with van der Waals surface area (Å²) in [4.78, 5) is 30.2. The van der Waals surface area contributed by atoms with E-state index in [2.05, 4.69) is 15.2 Å². The molecule has 1 aliphatic rings. The van der Waals surface area contributed by atoms with Gasteiger partial charge in [-0.1, -0.05) is 37.3 Å². The van der Waals surface area contributed by atoms with Gasteiger partial charge in [0.05, 0.1) is 4.91 Å². The number of rotatable bonds is 8. The Morgan fingerprint density at radius 3 is 2.66 bits per heavy atom. The third kappa shape index (κ3) is 5.42. The second-order valence-electron chi connectivity index (χ2n) is 6.05. The number of carboxylic acid groups (broad SMARTS) is 1. The van der Waals surface area contributed by atoms with Crippen molar-refractivity contribution in [3.8, 4) is 5.75 Å². The van der Waals surface area contributed by atoms with E-state index in [4.69, 9.17) is 9.84 Å². The van der Waals surface area contributed by atoms with Crippen LogP contribution < -0.4 is 4.74 Å². The zero-order valence-corrected chi connectivity index (χ0v) is 17.6. The average Bonchev–Trinajstić information content (AvgIpc) is 3.28. The summed E-state index contributed by atoms with van der Waals surface area (Å²) < 4.78 is 5.13. The maximum atomic E-state index is 12.8. The fraction of sp³-hybridized carbons (Fsp3) is 0.316. The number of benzene rings is 1. The predicted molar refractivity (Wildman–Crippen MR) is 114 cm³/mol. The Morgan fingerprint density at radius 2 is 2.03 bits per heavy atom. The Morgan fingerprint density at radius 1 is 1.28 bits per heavy atom. The Balaban J connectivity index is 1.80. The molecular formula is C19H20N4O4S2. The molecular weight excluding hydrogens is 412 g/mol. The maximum Gasteiger partial charge on any atom is 0.341 e. The fourth-order valence-electron chi connectivity index (χ4n) is 2.48. The highest BCUT2D eigenvalue weighted by atomic mass is 32.2. The summed E-state index contributed by atoms with van der Waals surface area (Å²) in [6.45, 7) is 4.19. The van der Waals surface area contributed by atoms with E-state index in [0.717, 1.165) is 23.4 Å². The molecule has 1 amide bonds. The Labute approximate surface area is 176 Å². The first kappa shape index (κ1) is 21.0. The van der Waals surface area contributed by atoms with Crippen molar-refractivity contribution >= 4 is 51.4 Å². The molecule has 2 aromatic rings. The first-order valence-corrected chi connectivity index (χ1v) is 10.7. The van der Waals surface area contributed by atoms with Gasteiger partial charge in [0.1, 0.15) is 10.8 Å². The summed E-state index contributed by atoms with van der Waals surface area (Å²) in [5.74, 6) is -0.673. The highest BCUT2D eigenvalue weighted by molar-refractivity contribution is 8.18. The van der Waals surface area contributed by atoms with Gasteiger partial charge >= 0.3 is 5.97 Å². The summed E-state index contributed by atoms with van der Waals surface area (Å²) in [5, 5.41) is 18.9. The molecule has 2 heterocycles. The molecule has 152 valence electrons. The number of aryl methyl sites for hydroxylation is 1. The van der Waals surface area contributed by atoms with Crippen LogP contribution >= 0.6 is 23.1 Å². The van der Waals surface area contributed by atoms with Gasteiger partial charge in [-0.15, -0.1) is 10.2 Å². The highest BCUT2D eigenvalue weighted by Crippen LogP contribution is 2.35. The number of hydrogen-bond acceptors (Lipinski definition) is 8. The number of amidine groups is 1. The zero-order chi connectivity index (χ0) is 20.8. The molecule has 1 aliphatic heterocycles. The molecule has 1 saturated heterocycles. The van der Waals surface area contributed by atoms with Crippen molar-refractivity contribution in [2.45, 2.75) is 26.7 Å². The molecule has 0 radical (unpaired) electrons. The maximum absolute atomic E-state index is 12.8. The molecule has 3 rings (SSSR count). The van der Waals surface area contributed by atoms with Crippen LogP contribution in [0, 0.1) is 0 Å². The summed E-state index contributed by atoms with van der Waals surface area (Å²) >= 11 is 2.73. The third-order valence-electron chi connectivity index (χ3n) is 3.83. The molecule has 1 fully saturated rings. The quantitative estimate of drug-likeness (QED) is 0.636. The van der Waals surface area contributed by atoms with Crippen LogP contribution in [0.1, 0.15) is 30.8 Å². The van der Waals surface area contributed by atoms with Gasteiger partial charge in [0.2, 0.25) is 5.13 Å². The number of hydrogen-bond donors (Lipinski definition) is 1. The number of carbonyl (C=O) groups is 2. The summed E-state index contributed by atoms with van der Waals surface area (Å²) in [5.41, 5.74) is 0.811. The second-order valence-corrected chi connectivity index (χ2v) is 8.09. The van der Waals surface area contributed by atoms with Crippen LogP contribution in [0.15, 0.2) is 34.2 Å². The monoisotopic (exact) mass is 432 g/mol. The first-order chi connectivity index (χ1) is 14.0. The first-order valence-electron chi connectivity index (χ1n) is 9.07. The van der Waals surface area contributed by atoms with E-state index in [9.17, 15) is 9.59 Å². The standard InChI is InChI=1S/C19H20N4O4S2/c1-3-9-23-17(26)14(28-19(23)20-18-22-21-15(4-2)29-18)10-12-5-7-13(8-6-12)27-11-16(24)25/h5-8,10H,3-4,9,11H2,1-2H3,(H,24,25)/b14-10+,20-19+. The molecule has 0 atom stereocenters. The van der Waals surface area contributed by atoms with E-state index < -0.39 is 12.6 Å². The van der Waals surface area contributed by atoms with Crippen molar-refractivity contribution in [1.29, 1.82) is 0 Å². The van der Waals surface area contributed by atoms with Crippen molar-refractivity contribution < 1.29 is 19.4 Å². The van der Waals surface area contributed by atoms with Gasteiger partial charge in [0.15, 0.2) is 11.8 Å². The second kappa shape index (κ2) is 9.66. The van der Waals surface area contributed by atoms with Crippen molar-refractivity contribution in [2.24, 2.45) is 4.99 Å². The summed E-state index contributed by atoms with van der Waals surface area (Å²) in [6.07, 6.45) is 3.39. The molecule has 1 N–H and O–H groups in total. The Bertz CT molecular complexity index is 953. The van der Waals surface area contributed by atoms with Gasteiger partial charge in [-0.05, 0) is 48.4 Å². The molecule has 10 heteroatoms. The molecule has 0 saturated carbocycles. The zero-order valence-electron chi connectivity index (χ0n) is 16.0. The predicted octanol–water partition coefficient (Wildman–Crippen LogP) is 3.58. The topological polar surface area (TPSA) is 105 Å². The van der Waals surface area contributed by atoms with Crippen molar-refractivity contribution in [3.63, 3.8) is 0 Å². The molecule has 0 spiro atoms. The number of aliphatic imine (C=N–C) groups is 1. The lowest BCUT2D eigenvalue weighted by Gasteiger charge is -2.13. The minimum Gasteiger partial charge on any atom is -0.482 e. The van der Waals surface area contributed by atoms with E-state index in [1.165, 1.54) is 23.1 Å². The van der Waals surface area contributed by atoms with Crippen LogP contribution in [0.4, 0.5) is 5.13 Å². The molecule has 0 bridgehead atoms. The number of carboxylic acids is 1. The number of thioether (sulfide) groups is 1. The van der Waals surface area contributed by atoms with Crippen molar-refractivity contribution in [2.75, 3.05) is 13.2 Å². The minimum absolute atomic E-state index is 0.0953. The molecule has 0 unspecified atom stereocenters. The van der Waals surface area contributed by atoms with Gasteiger partial charge < -0.3 is 9.84 Å². The number of ether oxygens (including phenoxy) is 1. The lowest BCUT2D eigenvalue weighted by molar-refractivity contribution is -0.139. The summed E-state index contributed by atoms with van der Waals surface area (Å²) in [7, 11) is 0. The molecule has 1 aromatic heterocycles. The SMILES string of the molecule is CCCN1C(=O)/C(=C\c2ccc(OCC(=O)O)cc2)S/C1=N/c1nnc(CC)s1. The normalized spacial score (nSPS) is 16.8. The fourth-order valence-corrected chi connectivity index (χ4v) is 4.20. The smallest absolute Gasteiger partial charge is 0.341 e. The Kier molecular flexibility index (Phi) is 6.99. The van der Waals surface area contributed by atoms with Crippen molar-refractivity contribution in [3.05, 3.63) is 39.7 Å². The third-order valence-corrected chi connectivity index (χ3v) is 5.79. The van der Waals surface area contributed by atoms with Crippen LogP contribution in [-0.4, -0.2) is 50.4 Å².